The highest BCUT2D eigenvalue weighted by molar-refractivity contribution is 6.06. The van der Waals surface area contributed by atoms with Crippen molar-refractivity contribution in [2.24, 2.45) is 0 Å². The molecule has 0 fully saturated rings. The van der Waals surface area contributed by atoms with Crippen LogP contribution in [0.4, 0.5) is 0 Å². The number of carbonyl (C=O) groups is 2. The summed E-state index contributed by atoms with van der Waals surface area (Å²) in [6.07, 6.45) is 0. The molecule has 0 N–H and O–H groups in total. The van der Waals surface area contributed by atoms with Crippen molar-refractivity contribution in [1.82, 2.24) is 0 Å². The molecule has 4 heteroatoms. The maximum absolute atomic E-state index is 12.2. The number of hydrogen-bond donors (Lipinski definition) is 0. The molecule has 0 amide bonds. The van der Waals surface area contributed by atoms with Gasteiger partial charge in [-0.05, 0) is 38.8 Å². The van der Waals surface area contributed by atoms with Gasteiger partial charge in [-0.25, -0.2) is 0 Å². The first kappa shape index (κ1) is 15.2. The maximum atomic E-state index is 12.2. The van der Waals surface area contributed by atoms with E-state index in [1.807, 2.05) is 19.1 Å². The van der Waals surface area contributed by atoms with Crippen molar-refractivity contribution in [2.75, 3.05) is 13.2 Å². The fourth-order valence-corrected chi connectivity index (χ4v) is 1.99. The Balaban J connectivity index is 3.30. The average Bonchev–Trinajstić information content (AvgIpc) is 2.39. The van der Waals surface area contributed by atoms with E-state index in [2.05, 4.69) is 0 Å². The fraction of sp³-hybridized carbons (Fsp3) is 0.467. The van der Waals surface area contributed by atoms with Gasteiger partial charge >= 0.3 is 11.9 Å². The Labute approximate surface area is 113 Å². The van der Waals surface area contributed by atoms with E-state index in [4.69, 9.17) is 9.47 Å². The number of esters is 2. The second-order valence-corrected chi connectivity index (χ2v) is 4.38. The third kappa shape index (κ3) is 2.95. The molecule has 0 aliphatic heterocycles. The molecule has 4 nitrogen and oxygen atoms in total. The number of ether oxygens (including phenoxy) is 2. The highest BCUT2D eigenvalue weighted by Gasteiger charge is 2.46. The Hall–Kier alpha value is -1.84. The first-order valence-corrected chi connectivity index (χ1v) is 6.39. The topological polar surface area (TPSA) is 52.6 Å². The number of rotatable bonds is 5. The lowest BCUT2D eigenvalue weighted by Crippen LogP contribution is -2.44. The summed E-state index contributed by atoms with van der Waals surface area (Å²) >= 11 is 0. The molecular formula is C15H20O4. The minimum atomic E-state index is -1.42. The van der Waals surface area contributed by atoms with Crippen LogP contribution in [0.5, 0.6) is 0 Å². The normalized spacial score (nSPS) is 10.9. The van der Waals surface area contributed by atoms with Gasteiger partial charge in [-0.2, -0.15) is 0 Å². The van der Waals surface area contributed by atoms with Crippen molar-refractivity contribution in [3.63, 3.8) is 0 Å². The van der Waals surface area contributed by atoms with Crippen LogP contribution in [0.3, 0.4) is 0 Å². The lowest BCUT2D eigenvalue weighted by Gasteiger charge is -2.26. The monoisotopic (exact) mass is 264 g/mol. The molecule has 0 saturated heterocycles. The van der Waals surface area contributed by atoms with Gasteiger partial charge < -0.3 is 9.47 Å². The van der Waals surface area contributed by atoms with Crippen molar-refractivity contribution in [1.29, 1.82) is 0 Å². The van der Waals surface area contributed by atoms with Crippen LogP contribution in [0, 0.1) is 6.92 Å². The van der Waals surface area contributed by atoms with Crippen molar-refractivity contribution < 1.29 is 19.1 Å². The zero-order valence-electron chi connectivity index (χ0n) is 11.9. The number of aryl methyl sites for hydroxylation is 1. The Bertz CT molecular complexity index is 447. The molecule has 0 aliphatic carbocycles. The molecule has 1 aromatic carbocycles. The molecule has 1 aromatic rings. The molecule has 0 unspecified atom stereocenters. The van der Waals surface area contributed by atoms with Crippen LogP contribution in [-0.2, 0) is 24.5 Å². The largest absolute Gasteiger partial charge is 0.465 e. The summed E-state index contributed by atoms with van der Waals surface area (Å²) in [7, 11) is 0. The number of benzene rings is 1. The van der Waals surface area contributed by atoms with Crippen LogP contribution in [0.25, 0.3) is 0 Å². The lowest BCUT2D eigenvalue weighted by molar-refractivity contribution is -0.163. The second-order valence-electron chi connectivity index (χ2n) is 4.38. The Morgan fingerprint density at radius 2 is 1.53 bits per heavy atom. The van der Waals surface area contributed by atoms with E-state index < -0.39 is 17.4 Å². The smallest absolute Gasteiger partial charge is 0.327 e. The van der Waals surface area contributed by atoms with E-state index in [1.54, 1.807) is 32.9 Å². The molecule has 0 atom stereocenters. The summed E-state index contributed by atoms with van der Waals surface area (Å²) in [4.78, 5) is 24.4. The minimum Gasteiger partial charge on any atom is -0.465 e. The van der Waals surface area contributed by atoms with Crippen LogP contribution in [-0.4, -0.2) is 25.2 Å². The molecule has 19 heavy (non-hydrogen) atoms. The summed E-state index contributed by atoms with van der Waals surface area (Å²) in [5.41, 5.74) is 0.0511. The summed E-state index contributed by atoms with van der Waals surface area (Å²) in [6.45, 7) is 7.26. The second kappa shape index (κ2) is 6.36. The molecule has 1 rings (SSSR count). The van der Waals surface area contributed by atoms with E-state index in [0.29, 0.717) is 5.56 Å². The molecule has 0 saturated carbocycles. The van der Waals surface area contributed by atoms with Crippen LogP contribution in [0.15, 0.2) is 24.3 Å². The van der Waals surface area contributed by atoms with Crippen molar-refractivity contribution >= 4 is 11.9 Å². The highest BCUT2D eigenvalue weighted by atomic mass is 16.6. The molecule has 0 bridgehead atoms. The van der Waals surface area contributed by atoms with Gasteiger partial charge in [0.15, 0.2) is 5.41 Å². The Morgan fingerprint density at radius 3 is 1.95 bits per heavy atom. The average molecular weight is 264 g/mol. The zero-order valence-corrected chi connectivity index (χ0v) is 11.9. The molecule has 0 aliphatic rings. The quantitative estimate of drug-likeness (QED) is 0.605. The van der Waals surface area contributed by atoms with E-state index in [1.165, 1.54) is 0 Å². The number of hydrogen-bond acceptors (Lipinski definition) is 4. The maximum Gasteiger partial charge on any atom is 0.327 e. The standard InChI is InChI=1S/C15H20O4/c1-5-18-13(16)15(4,14(17)19-6-2)12-10-8-7-9-11(12)3/h7-10H,5-6H2,1-4H3. The Kier molecular flexibility index (Phi) is 5.10. The summed E-state index contributed by atoms with van der Waals surface area (Å²) in [6, 6.07) is 7.25. The predicted octanol–water partition coefficient (Wildman–Crippen LogP) is 2.38. The van der Waals surface area contributed by atoms with Gasteiger partial charge in [-0.15, -0.1) is 0 Å². The molecule has 0 spiro atoms. The lowest BCUT2D eigenvalue weighted by atomic mass is 9.80. The summed E-state index contributed by atoms with van der Waals surface area (Å²) in [5, 5.41) is 0. The molecule has 0 radical (unpaired) electrons. The van der Waals surface area contributed by atoms with Crippen LogP contribution >= 0.6 is 0 Å². The van der Waals surface area contributed by atoms with Gasteiger partial charge in [0.25, 0.3) is 0 Å². The van der Waals surface area contributed by atoms with Crippen molar-refractivity contribution in [3.05, 3.63) is 35.4 Å². The van der Waals surface area contributed by atoms with Crippen molar-refractivity contribution in [2.45, 2.75) is 33.1 Å². The minimum absolute atomic E-state index is 0.222. The van der Waals surface area contributed by atoms with Crippen molar-refractivity contribution in [3.8, 4) is 0 Å². The predicted molar refractivity (Wildman–Crippen MR) is 71.8 cm³/mol. The van der Waals surface area contributed by atoms with E-state index in [9.17, 15) is 9.59 Å². The van der Waals surface area contributed by atoms with Crippen LogP contribution in [0.1, 0.15) is 31.9 Å². The fourth-order valence-electron chi connectivity index (χ4n) is 1.99. The van der Waals surface area contributed by atoms with Crippen LogP contribution < -0.4 is 0 Å². The van der Waals surface area contributed by atoms with Gasteiger partial charge in [0.05, 0.1) is 13.2 Å². The van der Waals surface area contributed by atoms with Gasteiger partial charge in [0, 0.05) is 0 Å². The molecule has 104 valence electrons. The van der Waals surface area contributed by atoms with Gasteiger partial charge in [-0.1, -0.05) is 24.3 Å². The Morgan fingerprint density at radius 1 is 1.05 bits per heavy atom. The van der Waals surface area contributed by atoms with E-state index >= 15 is 0 Å². The summed E-state index contributed by atoms with van der Waals surface area (Å²) in [5.74, 6) is -1.16. The molecule has 0 aromatic heterocycles. The van der Waals surface area contributed by atoms with Gasteiger partial charge in [0.1, 0.15) is 0 Å². The van der Waals surface area contributed by atoms with Crippen LogP contribution in [0.2, 0.25) is 0 Å². The third-order valence-corrected chi connectivity index (χ3v) is 3.05. The molecular weight excluding hydrogens is 244 g/mol. The van der Waals surface area contributed by atoms with Gasteiger partial charge in [0.2, 0.25) is 0 Å². The van der Waals surface area contributed by atoms with Gasteiger partial charge in [-0.3, -0.25) is 9.59 Å². The SMILES string of the molecule is CCOC(=O)C(C)(C(=O)OCC)c1ccccc1C. The third-order valence-electron chi connectivity index (χ3n) is 3.05. The zero-order chi connectivity index (χ0) is 14.5. The number of carbonyl (C=O) groups excluding carboxylic acids is 2. The summed E-state index contributed by atoms with van der Waals surface area (Å²) < 4.78 is 10.1. The highest BCUT2D eigenvalue weighted by Crippen LogP contribution is 2.30. The first-order valence-electron chi connectivity index (χ1n) is 6.39. The first-order chi connectivity index (χ1) is 8.98. The van der Waals surface area contributed by atoms with E-state index in [0.717, 1.165) is 5.56 Å². The van der Waals surface area contributed by atoms with E-state index in [-0.39, 0.29) is 13.2 Å². The molecule has 0 heterocycles.